The predicted molar refractivity (Wildman–Crippen MR) is 90.3 cm³/mol. The molecule has 0 aromatic carbocycles. The lowest BCUT2D eigenvalue weighted by Gasteiger charge is -2.27. The van der Waals surface area contributed by atoms with Crippen LogP contribution in [0.4, 0.5) is 17.3 Å². The summed E-state index contributed by atoms with van der Waals surface area (Å²) < 4.78 is 5.31. The standard InChI is InChI=1S/C14H21N5O3S/c20-19(21)12-13(15-9-11-1-7-23-8-2-11)16-10-17-14(12)18-3-5-22-6-4-18/h10-11H,1-9H2,(H,15,16,17). The van der Waals surface area contributed by atoms with Gasteiger partial charge < -0.3 is 15.0 Å². The Hall–Kier alpha value is -1.61. The molecular formula is C14H21N5O3S. The van der Waals surface area contributed by atoms with Gasteiger partial charge in [0.1, 0.15) is 6.33 Å². The first kappa shape index (κ1) is 16.3. The van der Waals surface area contributed by atoms with E-state index in [1.807, 2.05) is 16.7 Å². The number of hydrogen-bond donors (Lipinski definition) is 1. The van der Waals surface area contributed by atoms with E-state index in [0.29, 0.717) is 43.9 Å². The van der Waals surface area contributed by atoms with Crippen molar-refractivity contribution in [3.8, 4) is 0 Å². The highest BCUT2D eigenvalue weighted by Crippen LogP contribution is 2.32. The zero-order valence-electron chi connectivity index (χ0n) is 12.9. The van der Waals surface area contributed by atoms with Crippen LogP contribution in [0.15, 0.2) is 6.33 Å². The van der Waals surface area contributed by atoms with Gasteiger partial charge in [0.25, 0.3) is 0 Å². The van der Waals surface area contributed by atoms with Gasteiger partial charge in [0.05, 0.1) is 18.1 Å². The minimum Gasteiger partial charge on any atom is -0.378 e. The van der Waals surface area contributed by atoms with E-state index < -0.39 is 0 Å². The van der Waals surface area contributed by atoms with Crippen LogP contribution in [-0.2, 0) is 4.74 Å². The second-order valence-electron chi connectivity index (χ2n) is 5.69. The molecule has 0 atom stereocenters. The average molecular weight is 339 g/mol. The molecule has 3 rings (SSSR count). The molecule has 3 heterocycles. The molecule has 2 aliphatic rings. The summed E-state index contributed by atoms with van der Waals surface area (Å²) >= 11 is 1.97. The van der Waals surface area contributed by atoms with Gasteiger partial charge in [-0.2, -0.15) is 11.8 Å². The minimum absolute atomic E-state index is 0.0282. The van der Waals surface area contributed by atoms with Crippen LogP contribution < -0.4 is 10.2 Å². The van der Waals surface area contributed by atoms with Crippen molar-refractivity contribution in [2.45, 2.75) is 12.8 Å². The third-order valence-electron chi connectivity index (χ3n) is 4.20. The average Bonchev–Trinajstić information content (AvgIpc) is 2.61. The first-order valence-corrected chi connectivity index (χ1v) is 9.05. The van der Waals surface area contributed by atoms with Crippen LogP contribution in [0.5, 0.6) is 0 Å². The van der Waals surface area contributed by atoms with Crippen molar-refractivity contribution in [3.63, 3.8) is 0 Å². The summed E-state index contributed by atoms with van der Waals surface area (Å²) in [7, 11) is 0. The van der Waals surface area contributed by atoms with Gasteiger partial charge in [-0.3, -0.25) is 10.1 Å². The Morgan fingerprint density at radius 2 is 2.09 bits per heavy atom. The van der Waals surface area contributed by atoms with E-state index in [9.17, 15) is 10.1 Å². The second kappa shape index (κ2) is 7.78. The second-order valence-corrected chi connectivity index (χ2v) is 6.91. The number of morpholine rings is 1. The Balaban J connectivity index is 1.77. The molecule has 0 aliphatic carbocycles. The Kier molecular flexibility index (Phi) is 5.50. The van der Waals surface area contributed by atoms with Crippen LogP contribution in [0.25, 0.3) is 0 Å². The van der Waals surface area contributed by atoms with Crippen LogP contribution in [0.1, 0.15) is 12.8 Å². The first-order valence-electron chi connectivity index (χ1n) is 7.89. The molecule has 2 aliphatic heterocycles. The molecule has 0 saturated carbocycles. The van der Waals surface area contributed by atoms with E-state index in [1.165, 1.54) is 6.33 Å². The predicted octanol–water partition coefficient (Wildman–Crippen LogP) is 1.78. The third kappa shape index (κ3) is 4.03. The third-order valence-corrected chi connectivity index (χ3v) is 5.24. The quantitative estimate of drug-likeness (QED) is 0.641. The van der Waals surface area contributed by atoms with Crippen LogP contribution in [0.2, 0.25) is 0 Å². The zero-order valence-corrected chi connectivity index (χ0v) is 13.8. The number of hydrogen-bond acceptors (Lipinski definition) is 8. The molecule has 0 spiro atoms. The molecule has 1 N–H and O–H groups in total. The van der Waals surface area contributed by atoms with E-state index in [0.717, 1.165) is 30.9 Å². The fraction of sp³-hybridized carbons (Fsp3) is 0.714. The van der Waals surface area contributed by atoms with E-state index in [1.54, 1.807) is 0 Å². The molecule has 2 fully saturated rings. The van der Waals surface area contributed by atoms with Gasteiger partial charge in [-0.05, 0) is 30.3 Å². The summed E-state index contributed by atoms with van der Waals surface area (Å²) in [5.41, 5.74) is -0.0282. The van der Waals surface area contributed by atoms with Crippen molar-refractivity contribution in [3.05, 3.63) is 16.4 Å². The van der Waals surface area contributed by atoms with Crippen LogP contribution >= 0.6 is 11.8 Å². The minimum atomic E-state index is -0.385. The number of nitrogens with one attached hydrogen (secondary N) is 1. The summed E-state index contributed by atoms with van der Waals surface area (Å²) in [6.07, 6.45) is 3.69. The fourth-order valence-electron chi connectivity index (χ4n) is 2.87. The van der Waals surface area contributed by atoms with Gasteiger partial charge in [0.15, 0.2) is 0 Å². The van der Waals surface area contributed by atoms with Gasteiger partial charge in [0.2, 0.25) is 11.6 Å². The number of aromatic nitrogens is 2. The molecule has 0 amide bonds. The van der Waals surface area contributed by atoms with Crippen molar-refractivity contribution in [1.29, 1.82) is 0 Å². The number of nitrogens with zero attached hydrogens (tertiary/aromatic N) is 4. The van der Waals surface area contributed by atoms with Crippen molar-refractivity contribution in [2.75, 3.05) is 54.6 Å². The summed E-state index contributed by atoms with van der Waals surface area (Å²) in [5, 5.41) is 14.7. The van der Waals surface area contributed by atoms with Gasteiger partial charge in [-0.15, -0.1) is 0 Å². The smallest absolute Gasteiger partial charge is 0.353 e. The molecule has 8 nitrogen and oxygen atoms in total. The molecule has 2 saturated heterocycles. The summed E-state index contributed by atoms with van der Waals surface area (Å²) in [5.74, 6) is 3.59. The fourth-order valence-corrected chi connectivity index (χ4v) is 4.07. The molecular weight excluding hydrogens is 318 g/mol. The van der Waals surface area contributed by atoms with E-state index >= 15 is 0 Å². The lowest BCUT2D eigenvalue weighted by atomic mass is 10.0. The Bertz CT molecular complexity index is 547. The maximum Gasteiger partial charge on any atom is 0.353 e. The van der Waals surface area contributed by atoms with Crippen LogP contribution in [-0.4, -0.2) is 59.2 Å². The van der Waals surface area contributed by atoms with Gasteiger partial charge >= 0.3 is 5.69 Å². The van der Waals surface area contributed by atoms with Gasteiger partial charge in [-0.25, -0.2) is 9.97 Å². The van der Waals surface area contributed by atoms with Crippen molar-refractivity contribution >= 4 is 29.1 Å². The SMILES string of the molecule is O=[N+]([O-])c1c(NCC2CCSCC2)ncnc1N1CCOCC1. The van der Waals surface area contributed by atoms with Gasteiger partial charge in [0, 0.05) is 19.6 Å². The number of thioether (sulfide) groups is 1. The highest BCUT2D eigenvalue weighted by molar-refractivity contribution is 7.99. The molecule has 126 valence electrons. The maximum absolute atomic E-state index is 11.6. The number of anilines is 2. The molecule has 23 heavy (non-hydrogen) atoms. The monoisotopic (exact) mass is 339 g/mol. The van der Waals surface area contributed by atoms with Crippen molar-refractivity contribution < 1.29 is 9.66 Å². The number of nitro groups is 1. The summed E-state index contributed by atoms with van der Waals surface area (Å²) in [6, 6.07) is 0. The largest absolute Gasteiger partial charge is 0.378 e. The van der Waals surface area contributed by atoms with Gasteiger partial charge in [-0.1, -0.05) is 0 Å². The highest BCUT2D eigenvalue weighted by atomic mass is 32.2. The van der Waals surface area contributed by atoms with E-state index in [2.05, 4.69) is 15.3 Å². The van der Waals surface area contributed by atoms with E-state index in [4.69, 9.17) is 4.74 Å². The lowest BCUT2D eigenvalue weighted by Crippen LogP contribution is -2.37. The summed E-state index contributed by atoms with van der Waals surface area (Å²) in [6.45, 7) is 3.06. The molecule has 9 heteroatoms. The number of ether oxygens (including phenoxy) is 1. The van der Waals surface area contributed by atoms with Crippen LogP contribution in [0.3, 0.4) is 0 Å². The summed E-state index contributed by atoms with van der Waals surface area (Å²) in [4.78, 5) is 21.3. The Morgan fingerprint density at radius 1 is 1.35 bits per heavy atom. The first-order chi connectivity index (χ1) is 11.3. The normalized spacial score (nSPS) is 19.6. The topological polar surface area (TPSA) is 93.4 Å². The molecule has 0 unspecified atom stereocenters. The zero-order chi connectivity index (χ0) is 16.1. The Morgan fingerprint density at radius 3 is 2.78 bits per heavy atom. The molecule has 0 bridgehead atoms. The van der Waals surface area contributed by atoms with Crippen LogP contribution in [0, 0.1) is 16.0 Å². The number of rotatable bonds is 5. The molecule has 1 aromatic rings. The highest BCUT2D eigenvalue weighted by Gasteiger charge is 2.28. The molecule has 0 radical (unpaired) electrons. The molecule has 1 aromatic heterocycles. The Labute approximate surface area is 139 Å². The van der Waals surface area contributed by atoms with Crippen molar-refractivity contribution in [2.24, 2.45) is 5.92 Å². The van der Waals surface area contributed by atoms with Crippen molar-refractivity contribution in [1.82, 2.24) is 9.97 Å². The van der Waals surface area contributed by atoms with E-state index in [-0.39, 0.29) is 10.6 Å². The lowest BCUT2D eigenvalue weighted by molar-refractivity contribution is -0.383. The maximum atomic E-state index is 11.6.